The van der Waals surface area contributed by atoms with Gasteiger partial charge in [0.15, 0.2) is 5.78 Å². The topological polar surface area (TPSA) is 45.8 Å². The van der Waals surface area contributed by atoms with Gasteiger partial charge in [-0.3, -0.25) is 4.79 Å². The fraction of sp³-hybridized carbons (Fsp3) is 0.111. The molecule has 0 unspecified atom stereocenters. The van der Waals surface area contributed by atoms with Crippen molar-refractivity contribution in [1.82, 2.24) is 9.97 Å². The van der Waals surface area contributed by atoms with Crippen LogP contribution in [0.5, 0.6) is 0 Å². The second-order valence-electron chi connectivity index (χ2n) is 2.88. The van der Waals surface area contributed by atoms with Gasteiger partial charge in [-0.2, -0.15) is 0 Å². The van der Waals surface area contributed by atoms with Crippen LogP contribution in [0.4, 0.5) is 0 Å². The van der Waals surface area contributed by atoms with Gasteiger partial charge in [-0.15, -0.1) is 0 Å². The second kappa shape index (κ2) is 3.05. The number of hydrogen-bond acceptors (Lipinski definition) is 2. The van der Waals surface area contributed by atoms with Crippen molar-refractivity contribution >= 4 is 24.7 Å². The Bertz CT molecular complexity index is 450. The highest BCUT2D eigenvalue weighted by molar-refractivity contribution is 6.26. The molecule has 0 aliphatic carbocycles. The van der Waals surface area contributed by atoms with Crippen LogP contribution >= 0.6 is 0 Å². The van der Waals surface area contributed by atoms with Crippen LogP contribution in [0.15, 0.2) is 24.5 Å². The third kappa shape index (κ3) is 1.24. The van der Waals surface area contributed by atoms with Crippen LogP contribution in [0.1, 0.15) is 10.4 Å². The lowest BCUT2D eigenvalue weighted by molar-refractivity contribution is 0.101. The van der Waals surface area contributed by atoms with Crippen molar-refractivity contribution in [3.8, 4) is 0 Å². The summed E-state index contributed by atoms with van der Waals surface area (Å²) in [7, 11) is 1.86. The number of H-pyrrole nitrogens is 1. The monoisotopic (exact) mass is 172 g/mol. The number of ketones is 1. The summed E-state index contributed by atoms with van der Waals surface area (Å²) in [6.07, 6.45) is 3.96. The summed E-state index contributed by atoms with van der Waals surface area (Å²) in [5.41, 5.74) is 1.52. The molecule has 4 heteroatoms. The molecule has 0 amide bonds. The lowest BCUT2D eigenvalue weighted by atomic mass is 9.96. The maximum atomic E-state index is 11.4. The third-order valence-corrected chi connectivity index (χ3v) is 2.07. The van der Waals surface area contributed by atoms with Gasteiger partial charge in [0.05, 0.1) is 0 Å². The highest BCUT2D eigenvalue weighted by Crippen LogP contribution is 2.16. The summed E-state index contributed by atoms with van der Waals surface area (Å²) < 4.78 is 0. The molecule has 0 atom stereocenters. The molecule has 2 heterocycles. The van der Waals surface area contributed by atoms with Gasteiger partial charge in [-0.25, -0.2) is 4.98 Å². The number of nitrogens with one attached hydrogen (secondary N) is 1. The van der Waals surface area contributed by atoms with Gasteiger partial charge < -0.3 is 4.98 Å². The summed E-state index contributed by atoms with van der Waals surface area (Å²) >= 11 is 0. The minimum Gasteiger partial charge on any atom is -0.345 e. The Kier molecular flexibility index (Phi) is 1.89. The molecule has 3 nitrogen and oxygen atoms in total. The summed E-state index contributed by atoms with van der Waals surface area (Å²) in [4.78, 5) is 18.5. The molecule has 0 aliphatic rings. The quantitative estimate of drug-likeness (QED) is 0.537. The number of Topliss-reactive ketones (excluding diaryl/α,β-unsaturated/α-hetero) is 1. The first-order valence-corrected chi connectivity index (χ1v) is 4.28. The van der Waals surface area contributed by atoms with Gasteiger partial charge >= 0.3 is 0 Å². The van der Waals surface area contributed by atoms with Gasteiger partial charge in [-0.1, -0.05) is 0 Å². The molecule has 0 saturated heterocycles. The Balaban J connectivity index is 2.64. The van der Waals surface area contributed by atoms with Crippen molar-refractivity contribution in [3.05, 3.63) is 30.1 Å². The number of rotatable bonds is 2. The fourth-order valence-corrected chi connectivity index (χ4v) is 1.38. The highest BCUT2D eigenvalue weighted by atomic mass is 16.1. The lowest BCUT2D eigenvalue weighted by Crippen LogP contribution is -1.95. The average Bonchev–Trinajstić information content (AvgIpc) is 2.60. The highest BCUT2D eigenvalue weighted by Gasteiger charge is 2.09. The van der Waals surface area contributed by atoms with Crippen LogP contribution < -0.4 is 0 Å². The molecule has 13 heavy (non-hydrogen) atoms. The Hall–Kier alpha value is -1.58. The van der Waals surface area contributed by atoms with Crippen molar-refractivity contribution in [2.24, 2.45) is 0 Å². The van der Waals surface area contributed by atoms with Gasteiger partial charge in [-0.05, 0) is 18.5 Å². The molecule has 1 N–H and O–H groups in total. The molecule has 0 bridgehead atoms. The first-order chi connectivity index (χ1) is 6.33. The number of nitrogens with zero attached hydrogens (tertiary/aromatic N) is 1. The first-order valence-electron chi connectivity index (χ1n) is 4.28. The molecule has 0 spiro atoms. The van der Waals surface area contributed by atoms with E-state index in [1.54, 1.807) is 12.4 Å². The van der Waals surface area contributed by atoms with Gasteiger partial charge in [0.2, 0.25) is 0 Å². The maximum Gasteiger partial charge on any atom is 0.157 e. The Morgan fingerprint density at radius 2 is 2.46 bits per heavy atom. The molecule has 0 saturated carbocycles. The summed E-state index contributed by atoms with van der Waals surface area (Å²) in [6.45, 7) is 0. The predicted octanol–water partition coefficient (Wildman–Crippen LogP) is 0.797. The van der Waals surface area contributed by atoms with E-state index in [1.165, 1.54) is 0 Å². The van der Waals surface area contributed by atoms with E-state index in [-0.39, 0.29) is 5.78 Å². The minimum absolute atomic E-state index is 0.152. The number of carbonyl (C=O) groups is 1. The first kappa shape index (κ1) is 8.04. The molecule has 0 radical (unpaired) electrons. The molecule has 2 rings (SSSR count). The van der Waals surface area contributed by atoms with Crippen molar-refractivity contribution in [3.63, 3.8) is 0 Å². The summed E-state index contributed by atoms with van der Waals surface area (Å²) in [5, 5.41) is 0.911. The van der Waals surface area contributed by atoms with Crippen LogP contribution in [-0.2, 0) is 0 Å². The van der Waals surface area contributed by atoms with E-state index in [9.17, 15) is 4.79 Å². The Morgan fingerprint density at radius 1 is 1.62 bits per heavy atom. The van der Waals surface area contributed by atoms with E-state index in [1.807, 2.05) is 20.0 Å². The smallest absolute Gasteiger partial charge is 0.157 e. The number of hydrogen-bond donors (Lipinski definition) is 1. The zero-order chi connectivity index (χ0) is 9.26. The Labute approximate surface area is 76.6 Å². The number of carbonyl (C=O) groups excluding carboxylic acids is 1. The standard InChI is InChI=1S/C9H9BN2O/c10-4-8(13)7-5-12-9-6(7)2-1-3-11-9/h1-3,5H,4,10H2,(H,11,12). The number of aromatic nitrogens is 2. The average molecular weight is 172 g/mol. The van der Waals surface area contributed by atoms with Gasteiger partial charge in [0.25, 0.3) is 0 Å². The molecule has 0 aliphatic heterocycles. The van der Waals surface area contributed by atoms with Crippen molar-refractivity contribution in [1.29, 1.82) is 0 Å². The Morgan fingerprint density at radius 3 is 3.23 bits per heavy atom. The van der Waals surface area contributed by atoms with Crippen LogP contribution in [0.3, 0.4) is 0 Å². The molecule has 2 aromatic heterocycles. The predicted molar refractivity (Wildman–Crippen MR) is 53.8 cm³/mol. The second-order valence-corrected chi connectivity index (χ2v) is 2.88. The zero-order valence-electron chi connectivity index (χ0n) is 7.37. The molecule has 64 valence electrons. The largest absolute Gasteiger partial charge is 0.345 e. The molecule has 0 fully saturated rings. The summed E-state index contributed by atoms with van der Waals surface area (Å²) in [6, 6.07) is 3.74. The van der Waals surface area contributed by atoms with Gasteiger partial charge in [0, 0.05) is 23.3 Å². The van der Waals surface area contributed by atoms with Crippen LogP contribution in [0, 0.1) is 0 Å². The normalized spacial score (nSPS) is 10.5. The third-order valence-electron chi connectivity index (χ3n) is 2.07. The van der Waals surface area contributed by atoms with Crippen LogP contribution in [0.25, 0.3) is 11.0 Å². The molecular formula is C9H9BN2O. The van der Waals surface area contributed by atoms with Crippen molar-refractivity contribution < 1.29 is 4.79 Å². The number of pyridine rings is 1. The molecular weight excluding hydrogens is 163 g/mol. The van der Waals surface area contributed by atoms with E-state index in [0.29, 0.717) is 6.32 Å². The van der Waals surface area contributed by atoms with E-state index in [4.69, 9.17) is 0 Å². The fourth-order valence-electron chi connectivity index (χ4n) is 1.38. The SMILES string of the molecule is BCC(=O)c1c[nH]c2ncccc12. The van der Waals surface area contributed by atoms with Crippen LogP contribution in [0.2, 0.25) is 6.32 Å². The maximum absolute atomic E-state index is 11.4. The van der Waals surface area contributed by atoms with E-state index in [0.717, 1.165) is 16.6 Å². The minimum atomic E-state index is 0.152. The number of fused-ring (bicyclic) bond motifs is 1. The summed E-state index contributed by atoms with van der Waals surface area (Å²) in [5.74, 6) is 0.152. The molecule has 0 aromatic carbocycles. The lowest BCUT2D eigenvalue weighted by Gasteiger charge is -1.92. The molecule has 2 aromatic rings. The van der Waals surface area contributed by atoms with Crippen molar-refractivity contribution in [2.45, 2.75) is 6.32 Å². The zero-order valence-corrected chi connectivity index (χ0v) is 7.37. The number of aromatic amines is 1. The van der Waals surface area contributed by atoms with E-state index in [2.05, 4.69) is 9.97 Å². The van der Waals surface area contributed by atoms with E-state index < -0.39 is 0 Å². The van der Waals surface area contributed by atoms with Crippen molar-refractivity contribution in [2.75, 3.05) is 0 Å². The van der Waals surface area contributed by atoms with Crippen LogP contribution in [-0.4, -0.2) is 23.6 Å². The van der Waals surface area contributed by atoms with Gasteiger partial charge in [0.1, 0.15) is 13.5 Å². The van der Waals surface area contributed by atoms with E-state index >= 15 is 0 Å².